The number of rotatable bonds is 4. The number of hydrogen-bond acceptors (Lipinski definition) is 3. The van der Waals surface area contributed by atoms with Gasteiger partial charge in [0.2, 0.25) is 0 Å². The van der Waals surface area contributed by atoms with Gasteiger partial charge in [0.15, 0.2) is 0 Å². The lowest BCUT2D eigenvalue weighted by molar-refractivity contribution is 0.107. The number of nitrogens with one attached hydrogen (secondary N) is 1. The van der Waals surface area contributed by atoms with Crippen LogP contribution in [0.4, 0.5) is 4.79 Å². The van der Waals surface area contributed by atoms with E-state index in [1.807, 2.05) is 13.8 Å². The summed E-state index contributed by atoms with van der Waals surface area (Å²) in [7, 11) is 0. The Morgan fingerprint density at radius 3 is 2.20 bits per heavy atom. The van der Waals surface area contributed by atoms with Crippen LogP contribution in [-0.4, -0.2) is 30.0 Å². The number of ether oxygens (including phenoxy) is 1. The molecule has 0 saturated carbocycles. The van der Waals surface area contributed by atoms with Crippen LogP contribution in [0.3, 0.4) is 0 Å². The summed E-state index contributed by atoms with van der Waals surface area (Å²) < 4.78 is 4.74. The standard InChI is InChI=1S/C11H23NO3/c1-10(2,3)8-11(4,5)12-9(14)15-7-6-13/h13H,6-8H2,1-5H3,(H,12,14). The first-order valence-electron chi connectivity index (χ1n) is 5.22. The molecule has 0 aromatic carbocycles. The topological polar surface area (TPSA) is 58.6 Å². The zero-order valence-electron chi connectivity index (χ0n) is 10.4. The predicted octanol–water partition coefficient (Wildman–Crippen LogP) is 1.92. The fraction of sp³-hybridized carbons (Fsp3) is 0.909. The molecular weight excluding hydrogens is 194 g/mol. The molecule has 2 N–H and O–H groups in total. The van der Waals surface area contributed by atoms with Crippen molar-refractivity contribution in [1.29, 1.82) is 0 Å². The van der Waals surface area contributed by atoms with Crippen molar-refractivity contribution in [1.82, 2.24) is 5.32 Å². The molecule has 0 spiro atoms. The third kappa shape index (κ3) is 8.24. The van der Waals surface area contributed by atoms with E-state index in [4.69, 9.17) is 9.84 Å². The van der Waals surface area contributed by atoms with E-state index >= 15 is 0 Å². The molecular formula is C11H23NO3. The van der Waals surface area contributed by atoms with Gasteiger partial charge in [0.25, 0.3) is 0 Å². The molecule has 0 unspecified atom stereocenters. The summed E-state index contributed by atoms with van der Waals surface area (Å²) in [4.78, 5) is 11.3. The molecule has 4 nitrogen and oxygen atoms in total. The lowest BCUT2D eigenvalue weighted by Gasteiger charge is -2.32. The molecule has 0 atom stereocenters. The summed E-state index contributed by atoms with van der Waals surface area (Å²) in [6.45, 7) is 10.2. The van der Waals surface area contributed by atoms with Gasteiger partial charge in [0.1, 0.15) is 6.61 Å². The molecule has 90 valence electrons. The number of amides is 1. The molecule has 0 aliphatic heterocycles. The fourth-order valence-corrected chi connectivity index (χ4v) is 1.82. The number of hydrogen-bond donors (Lipinski definition) is 2. The van der Waals surface area contributed by atoms with E-state index in [1.165, 1.54) is 0 Å². The third-order valence-corrected chi connectivity index (χ3v) is 1.74. The minimum absolute atomic E-state index is 0.0391. The zero-order chi connectivity index (χ0) is 12.1. The second-order valence-electron chi connectivity index (χ2n) is 5.61. The third-order valence-electron chi connectivity index (χ3n) is 1.74. The van der Waals surface area contributed by atoms with Crippen molar-refractivity contribution in [2.24, 2.45) is 5.41 Å². The van der Waals surface area contributed by atoms with Crippen molar-refractivity contribution in [2.75, 3.05) is 13.2 Å². The second-order valence-corrected chi connectivity index (χ2v) is 5.61. The highest BCUT2D eigenvalue weighted by Crippen LogP contribution is 2.26. The van der Waals surface area contributed by atoms with Gasteiger partial charge in [-0.15, -0.1) is 0 Å². The Bertz CT molecular complexity index is 206. The van der Waals surface area contributed by atoms with E-state index in [9.17, 15) is 4.79 Å². The zero-order valence-corrected chi connectivity index (χ0v) is 10.4. The maximum Gasteiger partial charge on any atom is 0.407 e. The summed E-state index contributed by atoms with van der Waals surface area (Å²) in [6, 6.07) is 0. The van der Waals surface area contributed by atoms with Crippen molar-refractivity contribution >= 4 is 6.09 Å². The SMILES string of the molecule is CC(C)(C)CC(C)(C)NC(=O)OCCO. The summed E-state index contributed by atoms with van der Waals surface area (Å²) in [5, 5.41) is 11.3. The Balaban J connectivity index is 4.07. The van der Waals surface area contributed by atoms with Crippen LogP contribution in [0.25, 0.3) is 0 Å². The number of aliphatic hydroxyl groups excluding tert-OH is 1. The molecule has 4 heteroatoms. The highest BCUT2D eigenvalue weighted by atomic mass is 16.6. The van der Waals surface area contributed by atoms with Crippen molar-refractivity contribution in [3.63, 3.8) is 0 Å². The molecule has 0 aliphatic rings. The molecule has 0 heterocycles. The summed E-state index contributed by atoms with van der Waals surface area (Å²) in [5.74, 6) is 0. The molecule has 0 rings (SSSR count). The monoisotopic (exact) mass is 217 g/mol. The van der Waals surface area contributed by atoms with E-state index in [2.05, 4.69) is 26.1 Å². The Morgan fingerprint density at radius 1 is 1.27 bits per heavy atom. The Morgan fingerprint density at radius 2 is 1.80 bits per heavy atom. The molecule has 15 heavy (non-hydrogen) atoms. The molecule has 0 saturated heterocycles. The maximum absolute atomic E-state index is 11.3. The van der Waals surface area contributed by atoms with Crippen LogP contribution in [-0.2, 0) is 4.74 Å². The van der Waals surface area contributed by atoms with Crippen LogP contribution >= 0.6 is 0 Å². The van der Waals surface area contributed by atoms with Crippen LogP contribution in [0.5, 0.6) is 0 Å². The Kier molecular flexibility index (Phi) is 5.08. The number of carbonyl (C=O) groups excluding carboxylic acids is 1. The minimum atomic E-state index is -0.474. The van der Waals surface area contributed by atoms with E-state index in [0.717, 1.165) is 6.42 Å². The van der Waals surface area contributed by atoms with Crippen molar-refractivity contribution in [2.45, 2.75) is 46.6 Å². The Labute approximate surface area is 92.0 Å². The highest BCUT2D eigenvalue weighted by Gasteiger charge is 2.27. The van der Waals surface area contributed by atoms with Crippen molar-refractivity contribution in [3.8, 4) is 0 Å². The van der Waals surface area contributed by atoms with Crippen LogP contribution in [0.1, 0.15) is 41.0 Å². The molecule has 0 radical (unpaired) electrons. The van der Waals surface area contributed by atoms with Gasteiger partial charge in [-0.3, -0.25) is 0 Å². The lowest BCUT2D eigenvalue weighted by atomic mass is 9.82. The van der Waals surface area contributed by atoms with E-state index in [-0.39, 0.29) is 24.2 Å². The van der Waals surface area contributed by atoms with E-state index in [1.54, 1.807) is 0 Å². The Hall–Kier alpha value is -0.770. The van der Waals surface area contributed by atoms with Crippen LogP contribution in [0.2, 0.25) is 0 Å². The second kappa shape index (κ2) is 5.35. The van der Waals surface area contributed by atoms with Crippen LogP contribution < -0.4 is 5.32 Å². The molecule has 0 bridgehead atoms. The average molecular weight is 217 g/mol. The number of aliphatic hydroxyl groups is 1. The van der Waals surface area contributed by atoms with Crippen LogP contribution in [0, 0.1) is 5.41 Å². The molecule has 0 aliphatic carbocycles. The summed E-state index contributed by atoms with van der Waals surface area (Å²) in [5.41, 5.74) is -0.154. The molecule has 1 amide bonds. The predicted molar refractivity (Wildman–Crippen MR) is 59.7 cm³/mol. The molecule has 0 aromatic heterocycles. The number of alkyl carbamates (subject to hydrolysis) is 1. The van der Waals surface area contributed by atoms with E-state index in [0.29, 0.717) is 0 Å². The van der Waals surface area contributed by atoms with Gasteiger partial charge >= 0.3 is 6.09 Å². The van der Waals surface area contributed by atoms with Gasteiger partial charge in [-0.05, 0) is 25.7 Å². The quantitative estimate of drug-likeness (QED) is 0.756. The van der Waals surface area contributed by atoms with Crippen molar-refractivity contribution < 1.29 is 14.6 Å². The first-order chi connectivity index (χ1) is 6.66. The maximum atomic E-state index is 11.3. The van der Waals surface area contributed by atoms with Gasteiger partial charge < -0.3 is 15.2 Å². The van der Waals surface area contributed by atoms with Crippen LogP contribution in [0.15, 0.2) is 0 Å². The normalized spacial score (nSPS) is 12.4. The van der Waals surface area contributed by atoms with Gasteiger partial charge in [-0.1, -0.05) is 20.8 Å². The lowest BCUT2D eigenvalue weighted by Crippen LogP contribution is -2.46. The largest absolute Gasteiger partial charge is 0.447 e. The fourth-order valence-electron chi connectivity index (χ4n) is 1.82. The molecule has 0 fully saturated rings. The van der Waals surface area contributed by atoms with Gasteiger partial charge in [-0.2, -0.15) is 0 Å². The van der Waals surface area contributed by atoms with Gasteiger partial charge in [-0.25, -0.2) is 4.79 Å². The summed E-state index contributed by atoms with van der Waals surface area (Å²) in [6.07, 6.45) is 0.382. The first-order valence-corrected chi connectivity index (χ1v) is 5.22. The van der Waals surface area contributed by atoms with Gasteiger partial charge in [0.05, 0.1) is 6.61 Å². The molecule has 0 aromatic rings. The van der Waals surface area contributed by atoms with Crippen molar-refractivity contribution in [3.05, 3.63) is 0 Å². The first kappa shape index (κ1) is 14.2. The summed E-state index contributed by atoms with van der Waals surface area (Å²) >= 11 is 0. The van der Waals surface area contributed by atoms with Gasteiger partial charge in [0, 0.05) is 5.54 Å². The average Bonchev–Trinajstić information content (AvgIpc) is 1.94. The smallest absolute Gasteiger partial charge is 0.407 e. The minimum Gasteiger partial charge on any atom is -0.447 e. The highest BCUT2D eigenvalue weighted by molar-refractivity contribution is 5.68. The number of carbonyl (C=O) groups is 1. The van der Waals surface area contributed by atoms with E-state index < -0.39 is 6.09 Å².